The minimum atomic E-state index is -4.76. The third kappa shape index (κ3) is 2.84. The van der Waals surface area contributed by atoms with E-state index in [-0.39, 0.29) is 5.56 Å². The molecule has 0 atom stereocenters. The first-order valence-electron chi connectivity index (χ1n) is 5.27. The maximum absolute atomic E-state index is 13.4. The maximum atomic E-state index is 13.4. The molecule has 1 aromatic carbocycles. The van der Waals surface area contributed by atoms with Crippen LogP contribution in [0.4, 0.5) is 17.6 Å². The molecule has 2 aromatic rings. The van der Waals surface area contributed by atoms with E-state index < -0.39 is 23.3 Å². The zero-order valence-corrected chi connectivity index (χ0v) is 10.5. The zero-order chi connectivity index (χ0) is 14.2. The van der Waals surface area contributed by atoms with Crippen LogP contribution in [0.1, 0.15) is 25.7 Å². The van der Waals surface area contributed by atoms with E-state index in [9.17, 15) is 22.4 Å². The molecular weight excluding hydrogens is 280 g/mol. The zero-order valence-electron chi connectivity index (χ0n) is 9.72. The Morgan fingerprint density at radius 2 is 1.84 bits per heavy atom. The lowest BCUT2D eigenvalue weighted by molar-refractivity contribution is -0.140. The Labute approximate surface area is 110 Å². The monoisotopic (exact) mass is 288 g/mol. The summed E-state index contributed by atoms with van der Waals surface area (Å²) in [6.45, 7) is 1.80. The van der Waals surface area contributed by atoms with E-state index in [0.717, 1.165) is 10.9 Å². The highest BCUT2D eigenvalue weighted by molar-refractivity contribution is 7.14. The van der Waals surface area contributed by atoms with Crippen LogP contribution >= 0.6 is 11.3 Å². The summed E-state index contributed by atoms with van der Waals surface area (Å²) in [5, 5.41) is 0. The van der Waals surface area contributed by atoms with E-state index in [0.29, 0.717) is 17.0 Å². The Balaban J connectivity index is 2.38. The van der Waals surface area contributed by atoms with E-state index in [4.69, 9.17) is 0 Å². The summed E-state index contributed by atoms with van der Waals surface area (Å²) in [6, 6.07) is 5.49. The standard InChI is InChI=1S/C13H8F4OS/c1-7-2-5-11(19-7)12(18)8-3-4-9(10(14)6-8)13(15,16)17/h2-6H,1H3. The van der Waals surface area contributed by atoms with Gasteiger partial charge >= 0.3 is 6.18 Å². The lowest BCUT2D eigenvalue weighted by atomic mass is 10.1. The second-order valence-corrected chi connectivity index (χ2v) is 5.22. The number of halogens is 4. The Hall–Kier alpha value is -1.69. The molecule has 0 spiro atoms. The van der Waals surface area contributed by atoms with Crippen LogP contribution in [-0.4, -0.2) is 5.78 Å². The number of carbonyl (C=O) groups excluding carboxylic acids is 1. The molecule has 0 unspecified atom stereocenters. The molecule has 0 fully saturated rings. The number of thiophene rings is 1. The van der Waals surface area contributed by atoms with Crippen LogP contribution in [0.2, 0.25) is 0 Å². The third-order valence-corrected chi connectivity index (χ3v) is 3.50. The molecule has 100 valence electrons. The summed E-state index contributed by atoms with van der Waals surface area (Å²) in [6.07, 6.45) is -4.76. The molecule has 2 rings (SSSR count). The molecule has 6 heteroatoms. The molecule has 1 aromatic heterocycles. The number of ketones is 1. The minimum Gasteiger partial charge on any atom is -0.288 e. The first-order chi connectivity index (χ1) is 8.79. The van der Waals surface area contributed by atoms with Gasteiger partial charge in [-0.05, 0) is 31.2 Å². The van der Waals surface area contributed by atoms with Gasteiger partial charge in [0.05, 0.1) is 10.4 Å². The van der Waals surface area contributed by atoms with Crippen LogP contribution < -0.4 is 0 Å². The van der Waals surface area contributed by atoms with Gasteiger partial charge in [-0.3, -0.25) is 4.79 Å². The van der Waals surface area contributed by atoms with Gasteiger partial charge in [0.25, 0.3) is 0 Å². The molecular formula is C13H8F4OS. The van der Waals surface area contributed by atoms with Crippen molar-refractivity contribution in [3.8, 4) is 0 Å². The fourth-order valence-corrected chi connectivity index (χ4v) is 2.41. The SMILES string of the molecule is Cc1ccc(C(=O)c2ccc(C(F)(F)F)c(F)c2)s1. The Morgan fingerprint density at radius 3 is 2.32 bits per heavy atom. The predicted octanol–water partition coefficient (Wildman–Crippen LogP) is 4.45. The number of alkyl halides is 3. The molecule has 0 saturated heterocycles. The fourth-order valence-electron chi connectivity index (χ4n) is 1.59. The molecule has 0 aliphatic rings. The van der Waals surface area contributed by atoms with Crippen molar-refractivity contribution in [2.45, 2.75) is 13.1 Å². The quantitative estimate of drug-likeness (QED) is 0.589. The molecule has 0 bridgehead atoms. The Kier molecular flexibility index (Phi) is 3.45. The second-order valence-electron chi connectivity index (χ2n) is 3.93. The molecule has 0 saturated carbocycles. The average Bonchev–Trinajstić information content (AvgIpc) is 2.73. The molecule has 0 N–H and O–H groups in total. The highest BCUT2D eigenvalue weighted by Gasteiger charge is 2.34. The number of aryl methyl sites for hydroxylation is 1. The summed E-state index contributed by atoms with van der Waals surface area (Å²) in [7, 11) is 0. The van der Waals surface area contributed by atoms with E-state index in [1.807, 2.05) is 0 Å². The van der Waals surface area contributed by atoms with Crippen molar-refractivity contribution in [1.82, 2.24) is 0 Å². The van der Waals surface area contributed by atoms with E-state index >= 15 is 0 Å². The van der Waals surface area contributed by atoms with Gasteiger partial charge in [-0.25, -0.2) is 4.39 Å². The van der Waals surface area contributed by atoms with Crippen molar-refractivity contribution >= 4 is 17.1 Å². The lowest BCUT2D eigenvalue weighted by Gasteiger charge is -2.08. The topological polar surface area (TPSA) is 17.1 Å². The van der Waals surface area contributed by atoms with Crippen LogP contribution in [0.5, 0.6) is 0 Å². The molecule has 19 heavy (non-hydrogen) atoms. The largest absolute Gasteiger partial charge is 0.419 e. The first-order valence-corrected chi connectivity index (χ1v) is 6.08. The number of rotatable bonds is 2. The van der Waals surface area contributed by atoms with Crippen molar-refractivity contribution in [2.75, 3.05) is 0 Å². The summed E-state index contributed by atoms with van der Waals surface area (Å²) in [5.74, 6) is -1.92. The van der Waals surface area contributed by atoms with E-state index in [1.54, 1.807) is 19.1 Å². The van der Waals surface area contributed by atoms with Crippen LogP contribution in [0.3, 0.4) is 0 Å². The van der Waals surface area contributed by atoms with Crippen molar-refractivity contribution < 1.29 is 22.4 Å². The number of carbonyl (C=O) groups is 1. The highest BCUT2D eigenvalue weighted by Crippen LogP contribution is 2.32. The van der Waals surface area contributed by atoms with Crippen molar-refractivity contribution in [1.29, 1.82) is 0 Å². The molecule has 1 heterocycles. The van der Waals surface area contributed by atoms with Gasteiger partial charge in [-0.1, -0.05) is 6.07 Å². The van der Waals surface area contributed by atoms with Crippen molar-refractivity contribution in [3.05, 3.63) is 57.0 Å². The van der Waals surface area contributed by atoms with Gasteiger partial charge in [-0.2, -0.15) is 13.2 Å². The van der Waals surface area contributed by atoms with Crippen LogP contribution in [-0.2, 0) is 6.18 Å². The number of hydrogen-bond acceptors (Lipinski definition) is 2. The molecule has 0 aliphatic heterocycles. The second kappa shape index (κ2) is 4.77. The fraction of sp³-hybridized carbons (Fsp3) is 0.154. The highest BCUT2D eigenvalue weighted by atomic mass is 32.1. The summed E-state index contributed by atoms with van der Waals surface area (Å²) >= 11 is 1.21. The summed E-state index contributed by atoms with van der Waals surface area (Å²) in [4.78, 5) is 13.2. The van der Waals surface area contributed by atoms with Crippen LogP contribution in [0, 0.1) is 12.7 Å². The lowest BCUT2D eigenvalue weighted by Crippen LogP contribution is -2.09. The van der Waals surface area contributed by atoms with Crippen LogP contribution in [0.15, 0.2) is 30.3 Å². The maximum Gasteiger partial charge on any atom is 0.419 e. The summed E-state index contributed by atoms with van der Waals surface area (Å²) in [5.41, 5.74) is -1.46. The van der Waals surface area contributed by atoms with Gasteiger partial charge in [-0.15, -0.1) is 11.3 Å². The normalized spacial score (nSPS) is 11.6. The summed E-state index contributed by atoms with van der Waals surface area (Å²) < 4.78 is 50.5. The molecule has 0 aliphatic carbocycles. The minimum absolute atomic E-state index is 0.0904. The van der Waals surface area contributed by atoms with Gasteiger partial charge in [0, 0.05) is 10.4 Å². The van der Waals surface area contributed by atoms with Gasteiger partial charge in [0.15, 0.2) is 0 Å². The Bertz CT molecular complexity index is 628. The third-order valence-electron chi connectivity index (χ3n) is 2.50. The average molecular weight is 288 g/mol. The van der Waals surface area contributed by atoms with E-state index in [1.165, 1.54) is 11.3 Å². The van der Waals surface area contributed by atoms with Crippen molar-refractivity contribution in [2.24, 2.45) is 0 Å². The molecule has 0 radical (unpaired) electrons. The molecule has 1 nitrogen and oxygen atoms in total. The van der Waals surface area contributed by atoms with Gasteiger partial charge in [0.1, 0.15) is 5.82 Å². The first kappa shape index (κ1) is 13.7. The number of benzene rings is 1. The van der Waals surface area contributed by atoms with Gasteiger partial charge in [0.2, 0.25) is 5.78 Å². The van der Waals surface area contributed by atoms with Gasteiger partial charge < -0.3 is 0 Å². The van der Waals surface area contributed by atoms with Crippen LogP contribution in [0.25, 0.3) is 0 Å². The predicted molar refractivity (Wildman–Crippen MR) is 63.9 cm³/mol. The number of hydrogen-bond donors (Lipinski definition) is 0. The van der Waals surface area contributed by atoms with E-state index in [2.05, 4.69) is 0 Å². The molecule has 0 amide bonds. The Morgan fingerprint density at radius 1 is 1.16 bits per heavy atom. The van der Waals surface area contributed by atoms with Crippen molar-refractivity contribution in [3.63, 3.8) is 0 Å². The smallest absolute Gasteiger partial charge is 0.288 e.